The molecule has 0 fully saturated rings. The fourth-order valence-corrected chi connectivity index (χ4v) is 0.856. The van der Waals surface area contributed by atoms with Gasteiger partial charge in [-0.2, -0.15) is 0 Å². The van der Waals surface area contributed by atoms with Gasteiger partial charge in [-0.1, -0.05) is 13.3 Å². The molecule has 2 N–H and O–H groups in total. The van der Waals surface area contributed by atoms with E-state index in [4.69, 9.17) is 16.7 Å². The summed E-state index contributed by atoms with van der Waals surface area (Å²) in [7, 11) is 0. The molecule has 0 aromatic rings. The Bertz CT molecular complexity index is 170. The Labute approximate surface area is 75.9 Å². The molecule has 0 aromatic carbocycles. The van der Waals surface area contributed by atoms with Gasteiger partial charge >= 0.3 is 5.97 Å². The maximum absolute atomic E-state index is 10.7. The van der Waals surface area contributed by atoms with Crippen LogP contribution in [0.15, 0.2) is 0 Å². The zero-order valence-electron chi connectivity index (χ0n) is 6.84. The Morgan fingerprint density at radius 3 is 2.50 bits per heavy atom. The molecule has 12 heavy (non-hydrogen) atoms. The van der Waals surface area contributed by atoms with Crippen molar-refractivity contribution in [2.24, 2.45) is 0 Å². The van der Waals surface area contributed by atoms with Gasteiger partial charge in [-0.25, -0.2) is 4.79 Å². The number of rotatable bonds is 5. The lowest BCUT2D eigenvalue weighted by molar-refractivity contribution is -0.141. The van der Waals surface area contributed by atoms with E-state index in [1.807, 2.05) is 6.92 Å². The number of hydrogen-bond acceptors (Lipinski definition) is 2. The van der Waals surface area contributed by atoms with Crippen LogP contribution in [0.4, 0.5) is 0 Å². The topological polar surface area (TPSA) is 66.4 Å². The minimum Gasteiger partial charge on any atom is -0.480 e. The van der Waals surface area contributed by atoms with E-state index in [2.05, 4.69) is 5.32 Å². The number of carbonyl (C=O) groups is 2. The molecule has 0 unspecified atom stereocenters. The number of amides is 1. The van der Waals surface area contributed by atoms with Crippen molar-refractivity contribution >= 4 is 23.5 Å². The molecule has 1 atom stereocenters. The normalized spacial score (nSPS) is 12.2. The van der Waals surface area contributed by atoms with Crippen molar-refractivity contribution in [3.8, 4) is 0 Å². The molecule has 0 radical (unpaired) electrons. The van der Waals surface area contributed by atoms with Crippen LogP contribution in [0.2, 0.25) is 0 Å². The SMILES string of the molecule is CCC[C@H](NC(=O)CCl)C(=O)O. The average molecular weight is 194 g/mol. The smallest absolute Gasteiger partial charge is 0.326 e. The van der Waals surface area contributed by atoms with E-state index in [9.17, 15) is 9.59 Å². The summed E-state index contributed by atoms with van der Waals surface area (Å²) in [5.41, 5.74) is 0. The maximum atomic E-state index is 10.7. The molecular formula is C7H12ClNO3. The largest absolute Gasteiger partial charge is 0.480 e. The summed E-state index contributed by atoms with van der Waals surface area (Å²) in [6, 6.07) is -0.804. The molecule has 0 rings (SSSR count). The molecule has 0 saturated heterocycles. The number of aliphatic carboxylic acids is 1. The van der Waals surface area contributed by atoms with E-state index in [0.717, 1.165) is 0 Å². The third-order valence-electron chi connectivity index (χ3n) is 1.33. The van der Waals surface area contributed by atoms with Gasteiger partial charge in [0.25, 0.3) is 0 Å². The highest BCUT2D eigenvalue weighted by Crippen LogP contribution is 1.96. The molecule has 5 heteroatoms. The summed E-state index contributed by atoms with van der Waals surface area (Å²) < 4.78 is 0. The fraction of sp³-hybridized carbons (Fsp3) is 0.714. The lowest BCUT2D eigenvalue weighted by Gasteiger charge is -2.11. The van der Waals surface area contributed by atoms with Gasteiger partial charge in [0.05, 0.1) is 0 Å². The predicted molar refractivity (Wildman–Crippen MR) is 45.2 cm³/mol. The summed E-state index contributed by atoms with van der Waals surface area (Å²) >= 11 is 5.20. The first-order valence-electron chi connectivity index (χ1n) is 3.70. The van der Waals surface area contributed by atoms with Gasteiger partial charge in [-0.05, 0) is 6.42 Å². The van der Waals surface area contributed by atoms with E-state index in [1.54, 1.807) is 0 Å². The second-order valence-corrected chi connectivity index (χ2v) is 2.65. The van der Waals surface area contributed by atoms with Crippen molar-refractivity contribution in [3.05, 3.63) is 0 Å². The van der Waals surface area contributed by atoms with Crippen LogP contribution in [0.25, 0.3) is 0 Å². The first kappa shape index (κ1) is 11.2. The van der Waals surface area contributed by atoms with Gasteiger partial charge in [0, 0.05) is 0 Å². The predicted octanol–water partition coefficient (Wildman–Crippen LogP) is 0.595. The average Bonchev–Trinajstić information content (AvgIpc) is 2.03. The Morgan fingerprint density at radius 1 is 1.58 bits per heavy atom. The molecule has 0 heterocycles. The van der Waals surface area contributed by atoms with E-state index in [1.165, 1.54) is 0 Å². The number of nitrogens with one attached hydrogen (secondary N) is 1. The fourth-order valence-electron chi connectivity index (χ4n) is 0.779. The van der Waals surface area contributed by atoms with Crippen molar-refractivity contribution in [2.75, 3.05) is 5.88 Å². The molecule has 70 valence electrons. The summed E-state index contributed by atoms with van der Waals surface area (Å²) in [6.07, 6.45) is 1.14. The number of carbonyl (C=O) groups excluding carboxylic acids is 1. The second kappa shape index (κ2) is 5.83. The highest BCUT2D eigenvalue weighted by Gasteiger charge is 2.17. The first-order chi connectivity index (χ1) is 5.61. The molecule has 4 nitrogen and oxygen atoms in total. The maximum Gasteiger partial charge on any atom is 0.326 e. The van der Waals surface area contributed by atoms with E-state index >= 15 is 0 Å². The van der Waals surface area contributed by atoms with Crippen LogP contribution in [-0.4, -0.2) is 28.9 Å². The zero-order chi connectivity index (χ0) is 9.56. The number of alkyl halides is 1. The number of carboxylic acids is 1. The van der Waals surface area contributed by atoms with Crippen LogP contribution in [0.1, 0.15) is 19.8 Å². The van der Waals surface area contributed by atoms with Crippen LogP contribution in [0.5, 0.6) is 0 Å². The Balaban J connectivity index is 3.95. The van der Waals surface area contributed by atoms with Crippen molar-refractivity contribution in [3.63, 3.8) is 0 Å². The van der Waals surface area contributed by atoms with Crippen molar-refractivity contribution in [1.29, 1.82) is 0 Å². The van der Waals surface area contributed by atoms with Gasteiger partial charge in [0.15, 0.2) is 0 Å². The molecule has 0 saturated carbocycles. The van der Waals surface area contributed by atoms with Gasteiger partial charge in [-0.15, -0.1) is 11.6 Å². The molecule has 0 aliphatic rings. The number of hydrogen-bond donors (Lipinski definition) is 2. The van der Waals surface area contributed by atoms with Crippen molar-refractivity contribution in [1.82, 2.24) is 5.32 Å². The Morgan fingerprint density at radius 2 is 2.17 bits per heavy atom. The minimum atomic E-state index is -1.02. The van der Waals surface area contributed by atoms with Crippen LogP contribution >= 0.6 is 11.6 Å². The molecule has 0 spiro atoms. The molecule has 0 aliphatic heterocycles. The van der Waals surface area contributed by atoms with Gasteiger partial charge < -0.3 is 10.4 Å². The Hall–Kier alpha value is -0.770. The summed E-state index contributed by atoms with van der Waals surface area (Å²) in [6.45, 7) is 1.85. The third kappa shape index (κ3) is 4.18. The van der Waals surface area contributed by atoms with E-state index in [-0.39, 0.29) is 5.88 Å². The minimum absolute atomic E-state index is 0.201. The van der Waals surface area contributed by atoms with Gasteiger partial charge in [-0.3, -0.25) is 4.79 Å². The molecule has 0 bridgehead atoms. The highest BCUT2D eigenvalue weighted by atomic mass is 35.5. The Kier molecular flexibility index (Phi) is 5.45. The second-order valence-electron chi connectivity index (χ2n) is 2.38. The monoisotopic (exact) mass is 193 g/mol. The number of carboxylic acid groups (broad SMARTS) is 1. The molecule has 0 aliphatic carbocycles. The third-order valence-corrected chi connectivity index (χ3v) is 1.57. The summed E-state index contributed by atoms with van der Waals surface area (Å²) in [5.74, 6) is -1.67. The molecular weight excluding hydrogens is 182 g/mol. The lowest BCUT2D eigenvalue weighted by atomic mass is 10.2. The van der Waals surface area contributed by atoms with Gasteiger partial charge in [0.1, 0.15) is 11.9 Å². The standard InChI is InChI=1S/C7H12ClNO3/c1-2-3-5(7(11)12)9-6(10)4-8/h5H,2-4H2,1H3,(H,9,10)(H,11,12)/t5-/m0/s1. The quantitative estimate of drug-likeness (QED) is 0.629. The highest BCUT2D eigenvalue weighted by molar-refractivity contribution is 6.27. The van der Waals surface area contributed by atoms with E-state index < -0.39 is 17.9 Å². The van der Waals surface area contributed by atoms with Crippen LogP contribution in [0, 0.1) is 0 Å². The molecule has 0 aromatic heterocycles. The van der Waals surface area contributed by atoms with Crippen LogP contribution < -0.4 is 5.32 Å². The van der Waals surface area contributed by atoms with Crippen molar-refractivity contribution in [2.45, 2.75) is 25.8 Å². The zero-order valence-corrected chi connectivity index (χ0v) is 7.60. The first-order valence-corrected chi connectivity index (χ1v) is 4.23. The van der Waals surface area contributed by atoms with Gasteiger partial charge in [0.2, 0.25) is 5.91 Å². The van der Waals surface area contributed by atoms with E-state index in [0.29, 0.717) is 12.8 Å². The summed E-state index contributed by atoms with van der Waals surface area (Å²) in [4.78, 5) is 21.2. The molecule has 1 amide bonds. The number of halogens is 1. The lowest BCUT2D eigenvalue weighted by Crippen LogP contribution is -2.41. The van der Waals surface area contributed by atoms with Crippen molar-refractivity contribution < 1.29 is 14.7 Å². The van der Waals surface area contributed by atoms with Crippen LogP contribution in [-0.2, 0) is 9.59 Å². The summed E-state index contributed by atoms with van der Waals surface area (Å²) in [5, 5.41) is 10.9. The van der Waals surface area contributed by atoms with Crippen LogP contribution in [0.3, 0.4) is 0 Å².